The zero-order chi connectivity index (χ0) is 22.6. The van der Waals surface area contributed by atoms with Gasteiger partial charge in [-0.25, -0.2) is 13.6 Å². The summed E-state index contributed by atoms with van der Waals surface area (Å²) in [6.07, 6.45) is 1.56. The maximum Gasteiger partial charge on any atom is 0.335 e. The lowest BCUT2D eigenvalue weighted by molar-refractivity contribution is 0.0697. The monoisotopic (exact) mass is 434 g/mol. The summed E-state index contributed by atoms with van der Waals surface area (Å²) in [6.45, 7) is 4.45. The van der Waals surface area contributed by atoms with E-state index in [1.807, 2.05) is 29.7 Å². The molecule has 2 N–H and O–H groups in total. The van der Waals surface area contributed by atoms with Gasteiger partial charge < -0.3 is 14.9 Å². The molecular formula is C24H20F2N4O2. The number of carbonyl (C=O) groups is 1. The van der Waals surface area contributed by atoms with E-state index in [-0.39, 0.29) is 16.9 Å². The number of nitrogens with zero attached hydrogens (tertiary/aromatic N) is 3. The second kappa shape index (κ2) is 7.05. The summed E-state index contributed by atoms with van der Waals surface area (Å²) in [5.41, 5.74) is 2.29. The number of rotatable bonds is 3. The SMILES string of the molecule is CC1(C)CN(c2ccc(C(=O)O)cc2)c2c(cc3cn[nH]c3c2F)N1c1ccc(F)cc1. The van der Waals surface area contributed by atoms with Gasteiger partial charge in [0.1, 0.15) is 17.0 Å². The number of aromatic amines is 1. The molecule has 0 atom stereocenters. The van der Waals surface area contributed by atoms with Gasteiger partial charge >= 0.3 is 5.97 Å². The molecule has 3 aromatic carbocycles. The zero-order valence-electron chi connectivity index (χ0n) is 17.4. The van der Waals surface area contributed by atoms with Crippen molar-refractivity contribution < 1.29 is 18.7 Å². The zero-order valence-corrected chi connectivity index (χ0v) is 17.4. The maximum absolute atomic E-state index is 15.8. The number of hydrogen-bond donors (Lipinski definition) is 2. The van der Waals surface area contributed by atoms with E-state index in [9.17, 15) is 14.3 Å². The molecule has 162 valence electrons. The van der Waals surface area contributed by atoms with Crippen molar-refractivity contribution in [1.82, 2.24) is 10.2 Å². The predicted octanol–water partition coefficient (Wildman–Crippen LogP) is 5.61. The molecule has 4 aromatic rings. The van der Waals surface area contributed by atoms with E-state index < -0.39 is 17.3 Å². The summed E-state index contributed by atoms with van der Waals surface area (Å²) in [4.78, 5) is 15.1. The minimum atomic E-state index is -1.02. The van der Waals surface area contributed by atoms with E-state index >= 15 is 4.39 Å². The molecule has 0 amide bonds. The number of carboxylic acids is 1. The van der Waals surface area contributed by atoms with Crippen molar-refractivity contribution in [2.45, 2.75) is 19.4 Å². The van der Waals surface area contributed by atoms with Crippen LogP contribution in [-0.4, -0.2) is 33.4 Å². The van der Waals surface area contributed by atoms with E-state index in [1.54, 1.807) is 30.5 Å². The van der Waals surface area contributed by atoms with Crippen LogP contribution in [0.3, 0.4) is 0 Å². The Balaban J connectivity index is 1.75. The van der Waals surface area contributed by atoms with Crippen LogP contribution in [0.25, 0.3) is 10.9 Å². The molecule has 32 heavy (non-hydrogen) atoms. The first-order chi connectivity index (χ1) is 15.3. The quantitative estimate of drug-likeness (QED) is 0.439. The van der Waals surface area contributed by atoms with Gasteiger partial charge in [0.2, 0.25) is 0 Å². The normalized spacial score (nSPS) is 15.1. The fourth-order valence-electron chi connectivity index (χ4n) is 4.40. The van der Waals surface area contributed by atoms with Crippen molar-refractivity contribution in [2.24, 2.45) is 0 Å². The van der Waals surface area contributed by atoms with Gasteiger partial charge in [-0.3, -0.25) is 5.10 Å². The Morgan fingerprint density at radius 2 is 1.72 bits per heavy atom. The highest BCUT2D eigenvalue weighted by Crippen LogP contribution is 2.49. The Bertz CT molecular complexity index is 1330. The van der Waals surface area contributed by atoms with Crippen LogP contribution in [0, 0.1) is 11.6 Å². The van der Waals surface area contributed by atoms with Crippen LogP contribution >= 0.6 is 0 Å². The molecule has 8 heteroatoms. The van der Waals surface area contributed by atoms with E-state index in [4.69, 9.17) is 0 Å². The molecule has 0 aliphatic carbocycles. The lowest BCUT2D eigenvalue weighted by atomic mass is 9.93. The number of fused-ring (bicyclic) bond motifs is 2. The number of carboxylic acid groups (broad SMARTS) is 1. The van der Waals surface area contributed by atoms with Gasteiger partial charge in [-0.1, -0.05) is 0 Å². The average Bonchev–Trinajstić information content (AvgIpc) is 3.23. The highest BCUT2D eigenvalue weighted by molar-refractivity contribution is 5.96. The summed E-state index contributed by atoms with van der Waals surface area (Å²) < 4.78 is 29.4. The van der Waals surface area contributed by atoms with Gasteiger partial charge in [0, 0.05) is 23.3 Å². The van der Waals surface area contributed by atoms with Gasteiger partial charge in [0.15, 0.2) is 5.82 Å². The highest BCUT2D eigenvalue weighted by Gasteiger charge is 2.40. The standard InChI is InChI=1S/C24H20F2N4O2/c1-24(2)13-29(17-7-3-14(4-8-17)23(31)32)22-19(11-15-12-27-28-21(15)20(22)26)30(24)18-9-5-16(25)6-10-18/h3-12H,13H2,1-2H3,(H,27,28)(H,31,32). The van der Waals surface area contributed by atoms with Crippen molar-refractivity contribution in [2.75, 3.05) is 16.3 Å². The fourth-order valence-corrected chi connectivity index (χ4v) is 4.40. The Hall–Kier alpha value is -3.94. The second-order valence-corrected chi connectivity index (χ2v) is 8.45. The number of H-pyrrole nitrogens is 1. The third kappa shape index (κ3) is 3.07. The van der Waals surface area contributed by atoms with Crippen molar-refractivity contribution in [1.29, 1.82) is 0 Å². The Labute approximate surface area is 182 Å². The van der Waals surface area contributed by atoms with Crippen molar-refractivity contribution in [3.05, 3.63) is 78.0 Å². The molecule has 0 radical (unpaired) electrons. The summed E-state index contributed by atoms with van der Waals surface area (Å²) in [5, 5.41) is 16.6. The van der Waals surface area contributed by atoms with Crippen LogP contribution in [-0.2, 0) is 0 Å². The minimum Gasteiger partial charge on any atom is -0.478 e. The third-order valence-corrected chi connectivity index (χ3v) is 5.80. The first-order valence-electron chi connectivity index (χ1n) is 10.1. The Kier molecular flexibility index (Phi) is 4.40. The number of benzene rings is 3. The van der Waals surface area contributed by atoms with Gasteiger partial charge in [-0.15, -0.1) is 0 Å². The average molecular weight is 434 g/mol. The lowest BCUT2D eigenvalue weighted by Crippen LogP contribution is -2.53. The van der Waals surface area contributed by atoms with Crippen molar-refractivity contribution >= 4 is 39.6 Å². The van der Waals surface area contributed by atoms with E-state index in [0.29, 0.717) is 29.0 Å². The second-order valence-electron chi connectivity index (χ2n) is 8.45. The molecule has 1 aliphatic heterocycles. The molecule has 0 fully saturated rings. The van der Waals surface area contributed by atoms with Crippen LogP contribution in [0.15, 0.2) is 60.8 Å². The maximum atomic E-state index is 15.8. The first kappa shape index (κ1) is 20.0. The molecule has 0 saturated heterocycles. The molecule has 0 bridgehead atoms. The summed E-state index contributed by atoms with van der Waals surface area (Å²) in [5.74, 6) is -1.83. The highest BCUT2D eigenvalue weighted by atomic mass is 19.1. The summed E-state index contributed by atoms with van der Waals surface area (Å²) >= 11 is 0. The van der Waals surface area contributed by atoms with E-state index in [2.05, 4.69) is 10.2 Å². The minimum absolute atomic E-state index is 0.155. The molecule has 0 saturated carbocycles. The lowest BCUT2D eigenvalue weighted by Gasteiger charge is -2.50. The van der Waals surface area contributed by atoms with Crippen LogP contribution in [0.5, 0.6) is 0 Å². The molecule has 0 unspecified atom stereocenters. The van der Waals surface area contributed by atoms with Gasteiger partial charge in [-0.05, 0) is 68.4 Å². The predicted molar refractivity (Wildman–Crippen MR) is 119 cm³/mol. The molecule has 2 heterocycles. The summed E-state index contributed by atoms with van der Waals surface area (Å²) in [7, 11) is 0. The van der Waals surface area contributed by atoms with Gasteiger partial charge in [-0.2, -0.15) is 5.10 Å². The Morgan fingerprint density at radius 1 is 1.06 bits per heavy atom. The third-order valence-electron chi connectivity index (χ3n) is 5.80. The number of halogens is 2. The molecule has 1 aliphatic rings. The van der Waals surface area contributed by atoms with Crippen molar-refractivity contribution in [3.63, 3.8) is 0 Å². The smallest absolute Gasteiger partial charge is 0.335 e. The molecule has 0 spiro atoms. The van der Waals surface area contributed by atoms with E-state index in [0.717, 1.165) is 5.69 Å². The van der Waals surface area contributed by atoms with Crippen LogP contribution in [0.4, 0.5) is 31.5 Å². The molecule has 5 rings (SSSR count). The van der Waals surface area contributed by atoms with E-state index in [1.165, 1.54) is 24.3 Å². The van der Waals surface area contributed by atoms with Gasteiger partial charge in [0.05, 0.1) is 23.0 Å². The topological polar surface area (TPSA) is 72.5 Å². The number of anilines is 4. The molecule has 1 aromatic heterocycles. The van der Waals surface area contributed by atoms with Crippen LogP contribution in [0.1, 0.15) is 24.2 Å². The number of aromatic nitrogens is 2. The largest absolute Gasteiger partial charge is 0.478 e. The molecule has 6 nitrogen and oxygen atoms in total. The Morgan fingerprint density at radius 3 is 2.38 bits per heavy atom. The van der Waals surface area contributed by atoms with Crippen LogP contribution in [0.2, 0.25) is 0 Å². The molecular weight excluding hydrogens is 414 g/mol. The van der Waals surface area contributed by atoms with Crippen molar-refractivity contribution in [3.8, 4) is 0 Å². The fraction of sp³-hybridized carbons (Fsp3) is 0.167. The first-order valence-corrected chi connectivity index (χ1v) is 10.1. The summed E-state index contributed by atoms with van der Waals surface area (Å²) in [6, 6.07) is 14.3. The van der Waals surface area contributed by atoms with Gasteiger partial charge in [0.25, 0.3) is 0 Å². The number of hydrogen-bond acceptors (Lipinski definition) is 4. The number of aromatic carboxylic acids is 1. The number of nitrogens with one attached hydrogen (secondary N) is 1. The van der Waals surface area contributed by atoms with Crippen LogP contribution < -0.4 is 9.80 Å².